The molecule has 0 spiro atoms. The van der Waals surface area contributed by atoms with Crippen LogP contribution in [0.1, 0.15) is 53.0 Å². The van der Waals surface area contributed by atoms with E-state index in [4.69, 9.17) is 23.7 Å². The lowest BCUT2D eigenvalue weighted by Gasteiger charge is -2.36. The van der Waals surface area contributed by atoms with Crippen LogP contribution in [0.3, 0.4) is 0 Å². The van der Waals surface area contributed by atoms with Crippen LogP contribution in [0.2, 0.25) is 0 Å². The second kappa shape index (κ2) is 6.78. The van der Waals surface area contributed by atoms with Crippen molar-refractivity contribution in [2.24, 2.45) is 0 Å². The van der Waals surface area contributed by atoms with Gasteiger partial charge in [0.05, 0.1) is 0 Å². The predicted molar refractivity (Wildman–Crippen MR) is 102 cm³/mol. The van der Waals surface area contributed by atoms with E-state index in [-0.39, 0.29) is 5.91 Å². The zero-order valence-electron chi connectivity index (χ0n) is 17.2. The summed E-state index contributed by atoms with van der Waals surface area (Å²) < 4.78 is 29.8. The number of ether oxygens (including phenoxy) is 5. The van der Waals surface area contributed by atoms with E-state index in [0.717, 1.165) is 0 Å². The van der Waals surface area contributed by atoms with E-state index in [1.807, 2.05) is 52.0 Å². The summed E-state index contributed by atoms with van der Waals surface area (Å²) in [6, 6.07) is 7.81. The Morgan fingerprint density at radius 1 is 0.893 bits per heavy atom. The van der Waals surface area contributed by atoms with E-state index < -0.39 is 42.3 Å². The van der Waals surface area contributed by atoms with Crippen molar-refractivity contribution in [3.63, 3.8) is 0 Å². The first kappa shape index (κ1) is 19.8. The molecule has 5 atom stereocenters. The molecule has 3 aliphatic rings. The molecule has 0 aliphatic carbocycles. The number of carbonyl (C=O) groups is 1. The molecule has 154 valence electrons. The van der Waals surface area contributed by atoms with Crippen LogP contribution in [0, 0.1) is 0 Å². The molecule has 7 heteroatoms. The summed E-state index contributed by atoms with van der Waals surface area (Å²) in [4.78, 5) is 13.0. The SMILES string of the molecule is CC(C)c1ccc(NC(=O)[C@@H]2O[C@@H]3OC(C)(C)O[C@@H]3[C@@H]3OC(C)(C)O[C@@H]32)cc1. The molecule has 0 aromatic heterocycles. The first-order chi connectivity index (χ1) is 13.0. The highest BCUT2D eigenvalue weighted by Gasteiger charge is 2.62. The maximum absolute atomic E-state index is 13.0. The highest BCUT2D eigenvalue weighted by atomic mass is 16.9. The van der Waals surface area contributed by atoms with E-state index in [2.05, 4.69) is 19.2 Å². The van der Waals surface area contributed by atoms with Gasteiger partial charge in [0.15, 0.2) is 24.0 Å². The highest BCUT2D eigenvalue weighted by molar-refractivity contribution is 5.94. The molecule has 3 heterocycles. The Morgan fingerprint density at radius 2 is 1.46 bits per heavy atom. The van der Waals surface area contributed by atoms with Crippen LogP contribution in [0.15, 0.2) is 24.3 Å². The number of carbonyl (C=O) groups excluding carboxylic acids is 1. The zero-order valence-corrected chi connectivity index (χ0v) is 17.2. The van der Waals surface area contributed by atoms with Crippen LogP contribution in [-0.4, -0.2) is 48.2 Å². The molecule has 1 amide bonds. The number of anilines is 1. The maximum Gasteiger partial charge on any atom is 0.256 e. The second-order valence-corrected chi connectivity index (χ2v) is 8.86. The molecular weight excluding hydrogens is 362 g/mol. The molecule has 1 N–H and O–H groups in total. The summed E-state index contributed by atoms with van der Waals surface area (Å²) in [5, 5.41) is 2.92. The third-order valence-corrected chi connectivity index (χ3v) is 5.26. The molecule has 0 unspecified atom stereocenters. The topological polar surface area (TPSA) is 75.3 Å². The Balaban J connectivity index is 1.53. The van der Waals surface area contributed by atoms with Gasteiger partial charge in [0, 0.05) is 5.69 Å². The second-order valence-electron chi connectivity index (χ2n) is 8.86. The number of hydrogen-bond acceptors (Lipinski definition) is 6. The zero-order chi connectivity index (χ0) is 20.3. The first-order valence-electron chi connectivity index (χ1n) is 9.82. The van der Waals surface area contributed by atoms with Gasteiger partial charge < -0.3 is 29.0 Å². The smallest absolute Gasteiger partial charge is 0.256 e. The molecule has 4 rings (SSSR count). The van der Waals surface area contributed by atoms with Gasteiger partial charge in [-0.1, -0.05) is 26.0 Å². The standard InChI is InChI=1S/C21H29NO6/c1-11(2)12-7-9-13(10-8-12)22-18(23)16-14-15(26-20(3,4)25-14)17-19(24-16)28-21(5,6)27-17/h7-11,14-17,19H,1-6H3,(H,22,23)/t14-,15+,16+,17+,19+/m0/s1. The monoisotopic (exact) mass is 391 g/mol. The maximum atomic E-state index is 13.0. The quantitative estimate of drug-likeness (QED) is 0.853. The van der Waals surface area contributed by atoms with Gasteiger partial charge in [-0.25, -0.2) is 0 Å². The van der Waals surface area contributed by atoms with Gasteiger partial charge >= 0.3 is 0 Å². The molecule has 0 saturated carbocycles. The summed E-state index contributed by atoms with van der Waals surface area (Å²) in [6.45, 7) is 11.5. The van der Waals surface area contributed by atoms with E-state index in [9.17, 15) is 4.79 Å². The largest absolute Gasteiger partial charge is 0.342 e. The molecule has 0 bridgehead atoms. The lowest BCUT2D eigenvalue weighted by molar-refractivity contribution is -0.229. The van der Waals surface area contributed by atoms with E-state index >= 15 is 0 Å². The van der Waals surface area contributed by atoms with Crippen molar-refractivity contribution in [1.82, 2.24) is 0 Å². The molecule has 0 radical (unpaired) electrons. The van der Waals surface area contributed by atoms with Crippen molar-refractivity contribution < 1.29 is 28.5 Å². The summed E-state index contributed by atoms with van der Waals surface area (Å²) in [7, 11) is 0. The molecule has 1 aromatic rings. The lowest BCUT2D eigenvalue weighted by Crippen LogP contribution is -2.58. The summed E-state index contributed by atoms with van der Waals surface area (Å²) in [6.07, 6.45) is -3.03. The molecule has 28 heavy (non-hydrogen) atoms. The summed E-state index contributed by atoms with van der Waals surface area (Å²) >= 11 is 0. The molecule has 3 aliphatic heterocycles. The van der Waals surface area contributed by atoms with Crippen LogP contribution in [-0.2, 0) is 28.5 Å². The van der Waals surface area contributed by atoms with Crippen molar-refractivity contribution in [3.8, 4) is 0 Å². The van der Waals surface area contributed by atoms with Gasteiger partial charge in [-0.3, -0.25) is 4.79 Å². The third-order valence-electron chi connectivity index (χ3n) is 5.26. The summed E-state index contributed by atoms with van der Waals surface area (Å²) in [5.41, 5.74) is 1.92. The average Bonchev–Trinajstić information content (AvgIpc) is 3.08. The molecule has 1 aromatic carbocycles. The Morgan fingerprint density at radius 3 is 2.11 bits per heavy atom. The Bertz CT molecular complexity index is 744. The van der Waals surface area contributed by atoms with Crippen molar-refractivity contribution in [2.75, 3.05) is 5.32 Å². The van der Waals surface area contributed by atoms with E-state index in [1.165, 1.54) is 5.56 Å². The molecule has 3 saturated heterocycles. The fourth-order valence-corrected chi connectivity index (χ4v) is 3.99. The number of rotatable bonds is 3. The first-order valence-corrected chi connectivity index (χ1v) is 9.82. The van der Waals surface area contributed by atoms with Crippen LogP contribution >= 0.6 is 0 Å². The minimum absolute atomic E-state index is 0.291. The van der Waals surface area contributed by atoms with E-state index in [0.29, 0.717) is 11.6 Å². The van der Waals surface area contributed by atoms with Crippen molar-refractivity contribution in [3.05, 3.63) is 29.8 Å². The number of hydrogen-bond donors (Lipinski definition) is 1. The van der Waals surface area contributed by atoms with Gasteiger partial charge in [-0.15, -0.1) is 0 Å². The van der Waals surface area contributed by atoms with Crippen molar-refractivity contribution >= 4 is 11.6 Å². The van der Waals surface area contributed by atoms with Crippen molar-refractivity contribution in [1.29, 1.82) is 0 Å². The third kappa shape index (κ3) is 3.69. The minimum Gasteiger partial charge on any atom is -0.342 e. The van der Waals surface area contributed by atoms with Gasteiger partial charge in [0.25, 0.3) is 5.91 Å². The number of benzene rings is 1. The average molecular weight is 391 g/mol. The normalized spacial score (nSPS) is 35.5. The Labute approximate surface area is 165 Å². The summed E-state index contributed by atoms with van der Waals surface area (Å²) in [5.74, 6) is -1.51. The predicted octanol–water partition coefficient (Wildman–Crippen LogP) is 3.15. The van der Waals surface area contributed by atoms with Crippen LogP contribution in [0.5, 0.6) is 0 Å². The Hall–Kier alpha value is -1.51. The fraction of sp³-hybridized carbons (Fsp3) is 0.667. The fourth-order valence-electron chi connectivity index (χ4n) is 3.99. The van der Waals surface area contributed by atoms with Gasteiger partial charge in [0.2, 0.25) is 0 Å². The molecule has 3 fully saturated rings. The van der Waals surface area contributed by atoms with Crippen LogP contribution in [0.25, 0.3) is 0 Å². The van der Waals surface area contributed by atoms with Crippen molar-refractivity contribution in [2.45, 2.75) is 89.7 Å². The van der Waals surface area contributed by atoms with Crippen LogP contribution in [0.4, 0.5) is 5.69 Å². The van der Waals surface area contributed by atoms with Gasteiger partial charge in [-0.2, -0.15) is 0 Å². The van der Waals surface area contributed by atoms with Gasteiger partial charge in [0.1, 0.15) is 18.3 Å². The highest BCUT2D eigenvalue weighted by Crippen LogP contribution is 2.44. The number of nitrogens with one attached hydrogen (secondary N) is 1. The number of fused-ring (bicyclic) bond motifs is 3. The lowest BCUT2D eigenvalue weighted by atomic mass is 9.98. The molecular formula is C21H29NO6. The van der Waals surface area contributed by atoms with Gasteiger partial charge in [-0.05, 0) is 51.3 Å². The number of amides is 1. The van der Waals surface area contributed by atoms with Crippen LogP contribution < -0.4 is 5.32 Å². The molecule has 7 nitrogen and oxygen atoms in total. The minimum atomic E-state index is -0.865. The van der Waals surface area contributed by atoms with E-state index in [1.54, 1.807) is 0 Å². The Kier molecular flexibility index (Phi) is 4.79.